The van der Waals surface area contributed by atoms with E-state index < -0.39 is 11.4 Å². The number of carbonyl (C=O) groups is 1. The smallest absolute Gasteiger partial charge is 0.311 e. The molecule has 4 nitrogen and oxygen atoms in total. The molecule has 0 aromatic rings. The Morgan fingerprint density at radius 2 is 1.94 bits per heavy atom. The van der Waals surface area contributed by atoms with Crippen LogP contribution in [-0.2, 0) is 9.53 Å². The number of aliphatic carboxylic acids is 1. The maximum absolute atomic E-state index is 11.6. The van der Waals surface area contributed by atoms with Gasteiger partial charge in [0, 0.05) is 26.3 Å². The second-order valence-electron chi connectivity index (χ2n) is 6.68. The van der Waals surface area contributed by atoms with Crippen molar-refractivity contribution in [3.05, 3.63) is 0 Å². The van der Waals surface area contributed by atoms with Gasteiger partial charge in [-0.3, -0.25) is 4.79 Å². The first-order valence-corrected chi connectivity index (χ1v) is 6.97. The zero-order valence-corrected chi connectivity index (χ0v) is 11.6. The summed E-state index contributed by atoms with van der Waals surface area (Å²) >= 11 is 0. The highest BCUT2D eigenvalue weighted by Crippen LogP contribution is 2.35. The summed E-state index contributed by atoms with van der Waals surface area (Å²) in [7, 11) is 0. The summed E-state index contributed by atoms with van der Waals surface area (Å²) in [6.07, 6.45) is 3.73. The number of likely N-dealkylation sites (tertiary alicyclic amines) is 1. The molecule has 0 aromatic carbocycles. The van der Waals surface area contributed by atoms with Gasteiger partial charge in [-0.1, -0.05) is 13.8 Å². The van der Waals surface area contributed by atoms with E-state index in [9.17, 15) is 9.90 Å². The monoisotopic (exact) mass is 255 g/mol. The molecular formula is C14H25NO3. The maximum atomic E-state index is 11.6. The largest absolute Gasteiger partial charge is 0.481 e. The molecule has 104 valence electrons. The summed E-state index contributed by atoms with van der Waals surface area (Å²) in [5.74, 6) is -0.644. The molecule has 4 heteroatoms. The van der Waals surface area contributed by atoms with Gasteiger partial charge in [-0.15, -0.1) is 0 Å². The van der Waals surface area contributed by atoms with E-state index in [2.05, 4.69) is 18.7 Å². The van der Waals surface area contributed by atoms with Gasteiger partial charge in [0.1, 0.15) is 0 Å². The van der Waals surface area contributed by atoms with Crippen LogP contribution in [0.2, 0.25) is 0 Å². The van der Waals surface area contributed by atoms with Gasteiger partial charge in [0.05, 0.1) is 5.41 Å². The first kappa shape index (κ1) is 13.8. The van der Waals surface area contributed by atoms with Crippen molar-refractivity contribution >= 4 is 5.97 Å². The van der Waals surface area contributed by atoms with Crippen LogP contribution < -0.4 is 0 Å². The Balaban J connectivity index is 2.02. The summed E-state index contributed by atoms with van der Waals surface area (Å²) in [5, 5.41) is 9.57. The van der Waals surface area contributed by atoms with Crippen LogP contribution in [0, 0.1) is 10.8 Å². The molecule has 0 saturated carbocycles. The number of carboxylic acids is 1. The molecule has 0 amide bonds. The summed E-state index contributed by atoms with van der Waals surface area (Å²) in [6.45, 7) is 8.47. The highest BCUT2D eigenvalue weighted by atomic mass is 16.5. The average molecular weight is 255 g/mol. The molecule has 0 atom stereocenters. The highest BCUT2D eigenvalue weighted by Gasteiger charge is 2.42. The third kappa shape index (κ3) is 3.04. The Labute approximate surface area is 109 Å². The van der Waals surface area contributed by atoms with E-state index in [4.69, 9.17) is 4.74 Å². The summed E-state index contributed by atoms with van der Waals surface area (Å²) < 4.78 is 5.32. The molecule has 2 saturated heterocycles. The Bertz CT molecular complexity index is 308. The minimum Gasteiger partial charge on any atom is -0.481 e. The maximum Gasteiger partial charge on any atom is 0.311 e. The molecule has 2 heterocycles. The third-order valence-electron chi connectivity index (χ3n) is 4.41. The first-order chi connectivity index (χ1) is 8.44. The van der Waals surface area contributed by atoms with Gasteiger partial charge in [0.15, 0.2) is 0 Å². The fourth-order valence-corrected chi connectivity index (χ4v) is 3.31. The van der Waals surface area contributed by atoms with Crippen molar-refractivity contribution < 1.29 is 14.6 Å². The number of ether oxygens (including phenoxy) is 1. The van der Waals surface area contributed by atoms with E-state index in [0.717, 1.165) is 13.1 Å². The predicted molar refractivity (Wildman–Crippen MR) is 69.6 cm³/mol. The SMILES string of the molecule is CC1(C)CCCN(CC2(C(=O)O)CCOCC2)C1. The molecule has 2 aliphatic rings. The van der Waals surface area contributed by atoms with Crippen LogP contribution in [0.5, 0.6) is 0 Å². The standard InChI is InChI=1S/C14H25NO3/c1-13(2)4-3-7-15(10-13)11-14(12(16)17)5-8-18-9-6-14/h3-11H2,1-2H3,(H,16,17). The molecule has 0 unspecified atom stereocenters. The lowest BCUT2D eigenvalue weighted by Crippen LogP contribution is -2.50. The minimum atomic E-state index is -0.644. The fraction of sp³-hybridized carbons (Fsp3) is 0.929. The van der Waals surface area contributed by atoms with E-state index >= 15 is 0 Å². The van der Waals surface area contributed by atoms with E-state index in [1.54, 1.807) is 0 Å². The van der Waals surface area contributed by atoms with E-state index in [-0.39, 0.29) is 0 Å². The molecule has 1 N–H and O–H groups in total. The number of carboxylic acid groups (broad SMARTS) is 1. The first-order valence-electron chi connectivity index (χ1n) is 6.97. The number of hydrogen-bond acceptors (Lipinski definition) is 3. The molecule has 2 fully saturated rings. The molecule has 0 aromatic heterocycles. The van der Waals surface area contributed by atoms with Gasteiger partial charge in [0.25, 0.3) is 0 Å². The van der Waals surface area contributed by atoms with Crippen LogP contribution in [-0.4, -0.2) is 48.8 Å². The Hall–Kier alpha value is -0.610. The second-order valence-corrected chi connectivity index (χ2v) is 6.68. The van der Waals surface area contributed by atoms with Crippen molar-refractivity contribution in [1.29, 1.82) is 0 Å². The fourth-order valence-electron chi connectivity index (χ4n) is 3.31. The summed E-state index contributed by atoms with van der Waals surface area (Å²) in [4.78, 5) is 14.0. The molecular weight excluding hydrogens is 230 g/mol. The molecule has 0 bridgehead atoms. The van der Waals surface area contributed by atoms with Gasteiger partial charge in [-0.25, -0.2) is 0 Å². The van der Waals surface area contributed by atoms with Crippen molar-refractivity contribution in [2.45, 2.75) is 39.5 Å². The van der Waals surface area contributed by atoms with Crippen molar-refractivity contribution in [1.82, 2.24) is 4.90 Å². The number of rotatable bonds is 3. The molecule has 0 radical (unpaired) electrons. The topological polar surface area (TPSA) is 49.8 Å². The third-order valence-corrected chi connectivity index (χ3v) is 4.41. The number of piperidine rings is 1. The molecule has 0 spiro atoms. The number of nitrogens with zero attached hydrogens (tertiary/aromatic N) is 1. The molecule has 2 rings (SSSR count). The lowest BCUT2D eigenvalue weighted by molar-refractivity contribution is -0.157. The van der Waals surface area contributed by atoms with Gasteiger partial charge in [-0.2, -0.15) is 0 Å². The van der Waals surface area contributed by atoms with E-state index in [1.165, 1.54) is 12.8 Å². The van der Waals surface area contributed by atoms with E-state index in [0.29, 0.717) is 38.0 Å². The van der Waals surface area contributed by atoms with Crippen molar-refractivity contribution in [3.63, 3.8) is 0 Å². The quantitative estimate of drug-likeness (QED) is 0.838. The molecule has 2 aliphatic heterocycles. The van der Waals surface area contributed by atoms with Crippen LogP contribution in [0.3, 0.4) is 0 Å². The second kappa shape index (κ2) is 5.17. The van der Waals surface area contributed by atoms with Crippen LogP contribution in [0.15, 0.2) is 0 Å². The van der Waals surface area contributed by atoms with Gasteiger partial charge in [0.2, 0.25) is 0 Å². The predicted octanol–water partition coefficient (Wildman–Crippen LogP) is 1.99. The minimum absolute atomic E-state index is 0.323. The zero-order chi connectivity index (χ0) is 13.2. The summed E-state index contributed by atoms with van der Waals surface area (Å²) in [5.41, 5.74) is -0.255. The number of hydrogen-bond donors (Lipinski definition) is 1. The Morgan fingerprint density at radius 3 is 2.50 bits per heavy atom. The van der Waals surface area contributed by atoms with Gasteiger partial charge in [-0.05, 0) is 37.6 Å². The lowest BCUT2D eigenvalue weighted by atomic mass is 9.77. The lowest BCUT2D eigenvalue weighted by Gasteiger charge is -2.43. The van der Waals surface area contributed by atoms with E-state index in [1.807, 2.05) is 0 Å². The van der Waals surface area contributed by atoms with Crippen LogP contribution >= 0.6 is 0 Å². The summed E-state index contributed by atoms with van der Waals surface area (Å²) in [6, 6.07) is 0. The van der Waals surface area contributed by atoms with Gasteiger partial charge < -0.3 is 14.7 Å². The normalized spacial score (nSPS) is 27.9. The van der Waals surface area contributed by atoms with Crippen LogP contribution in [0.25, 0.3) is 0 Å². The van der Waals surface area contributed by atoms with Crippen molar-refractivity contribution in [3.8, 4) is 0 Å². The van der Waals surface area contributed by atoms with Crippen molar-refractivity contribution in [2.24, 2.45) is 10.8 Å². The van der Waals surface area contributed by atoms with Crippen LogP contribution in [0.4, 0.5) is 0 Å². The molecule has 0 aliphatic carbocycles. The molecule has 18 heavy (non-hydrogen) atoms. The van der Waals surface area contributed by atoms with Crippen molar-refractivity contribution in [2.75, 3.05) is 32.8 Å². The van der Waals surface area contributed by atoms with Gasteiger partial charge >= 0.3 is 5.97 Å². The van der Waals surface area contributed by atoms with Crippen LogP contribution in [0.1, 0.15) is 39.5 Å². The zero-order valence-electron chi connectivity index (χ0n) is 11.6. The Morgan fingerprint density at radius 1 is 1.28 bits per heavy atom. The average Bonchev–Trinajstić information content (AvgIpc) is 2.28. The highest BCUT2D eigenvalue weighted by molar-refractivity contribution is 5.75. The Kier molecular flexibility index (Phi) is 3.97.